The molecule has 0 amide bonds. The molecule has 0 radical (unpaired) electrons. The van der Waals surface area contributed by atoms with E-state index in [4.69, 9.17) is 9.47 Å². The van der Waals surface area contributed by atoms with E-state index >= 15 is 0 Å². The monoisotopic (exact) mass is 470 g/mol. The summed E-state index contributed by atoms with van der Waals surface area (Å²) in [5.41, 5.74) is -2.65. The molecule has 0 aliphatic carbocycles. The molecule has 2 aromatic carbocycles. The molecule has 0 saturated carbocycles. The lowest BCUT2D eigenvalue weighted by molar-refractivity contribution is -0.137. The summed E-state index contributed by atoms with van der Waals surface area (Å²) in [6, 6.07) is 5.37. The predicted octanol–water partition coefficient (Wildman–Crippen LogP) is 3.65. The van der Waals surface area contributed by atoms with Crippen LogP contribution in [0, 0.1) is 5.82 Å². The summed E-state index contributed by atoms with van der Waals surface area (Å²) >= 11 is 1.07. The van der Waals surface area contributed by atoms with Crippen LogP contribution in [-0.2, 0) is 22.2 Å². The molecule has 1 N–H and O–H groups in total. The maximum absolute atomic E-state index is 14.1. The van der Waals surface area contributed by atoms with Gasteiger partial charge in [0.2, 0.25) is 0 Å². The van der Waals surface area contributed by atoms with Crippen molar-refractivity contribution in [2.45, 2.75) is 23.7 Å². The van der Waals surface area contributed by atoms with E-state index in [-0.39, 0.29) is 45.8 Å². The van der Waals surface area contributed by atoms with Crippen molar-refractivity contribution in [3.63, 3.8) is 0 Å². The number of nitrogens with zero attached hydrogens (tertiary/aromatic N) is 1. The van der Waals surface area contributed by atoms with E-state index in [9.17, 15) is 27.2 Å². The van der Waals surface area contributed by atoms with Gasteiger partial charge in [-0.25, -0.2) is 9.18 Å². The van der Waals surface area contributed by atoms with Crippen LogP contribution < -0.4 is 11.2 Å². The van der Waals surface area contributed by atoms with Crippen molar-refractivity contribution in [2.75, 3.05) is 26.1 Å². The van der Waals surface area contributed by atoms with Gasteiger partial charge < -0.3 is 9.47 Å². The van der Waals surface area contributed by atoms with E-state index in [1.807, 2.05) is 0 Å². The first-order valence-electron chi connectivity index (χ1n) is 9.61. The molecule has 1 aliphatic rings. The van der Waals surface area contributed by atoms with Crippen molar-refractivity contribution < 1.29 is 27.0 Å². The molecule has 3 aromatic rings. The van der Waals surface area contributed by atoms with Crippen molar-refractivity contribution in [1.82, 2.24) is 9.55 Å². The maximum atomic E-state index is 14.1. The number of benzene rings is 2. The van der Waals surface area contributed by atoms with E-state index < -0.39 is 34.9 Å². The Morgan fingerprint density at radius 1 is 1.19 bits per heavy atom. The van der Waals surface area contributed by atoms with Gasteiger partial charge in [-0.3, -0.25) is 14.3 Å². The summed E-state index contributed by atoms with van der Waals surface area (Å²) in [6.45, 7) is 0.588. The Hall–Kier alpha value is -2.63. The van der Waals surface area contributed by atoms with E-state index in [1.165, 1.54) is 23.8 Å². The van der Waals surface area contributed by atoms with Gasteiger partial charge in [0, 0.05) is 23.3 Å². The van der Waals surface area contributed by atoms with Crippen LogP contribution in [0.25, 0.3) is 22.0 Å². The molecule has 4 rings (SSSR count). The average Bonchev–Trinajstić information content (AvgIpc) is 2.92. The van der Waals surface area contributed by atoms with Crippen molar-refractivity contribution >= 4 is 22.7 Å². The quantitative estimate of drug-likeness (QED) is 0.455. The van der Waals surface area contributed by atoms with Crippen LogP contribution in [0.1, 0.15) is 5.56 Å². The molecule has 32 heavy (non-hydrogen) atoms. The van der Waals surface area contributed by atoms with Crippen LogP contribution >= 0.6 is 11.8 Å². The molecule has 0 fully saturated rings. The molecule has 0 saturated heterocycles. The largest absolute Gasteiger partial charge is 0.417 e. The summed E-state index contributed by atoms with van der Waals surface area (Å²) in [7, 11) is 1.50. The fourth-order valence-corrected chi connectivity index (χ4v) is 4.98. The fourth-order valence-electron chi connectivity index (χ4n) is 3.70. The lowest BCUT2D eigenvalue weighted by Crippen LogP contribution is -2.34. The van der Waals surface area contributed by atoms with Gasteiger partial charge in [0.05, 0.1) is 42.3 Å². The Kier molecular flexibility index (Phi) is 6.15. The summed E-state index contributed by atoms with van der Waals surface area (Å²) in [5.74, 6) is -0.356. The summed E-state index contributed by atoms with van der Waals surface area (Å²) in [5, 5.41) is -0.247. The zero-order valence-corrected chi connectivity index (χ0v) is 17.6. The predicted molar refractivity (Wildman–Crippen MR) is 112 cm³/mol. The van der Waals surface area contributed by atoms with Gasteiger partial charge in [-0.05, 0) is 23.8 Å². The number of methoxy groups -OCH3 is 1. The number of nitrogens with one attached hydrogen (secondary N) is 1. The number of ether oxygens (including phenoxy) is 2. The van der Waals surface area contributed by atoms with Crippen LogP contribution in [-0.4, -0.2) is 41.7 Å². The number of H-pyrrole nitrogens is 1. The van der Waals surface area contributed by atoms with E-state index in [2.05, 4.69) is 4.98 Å². The van der Waals surface area contributed by atoms with Gasteiger partial charge in [-0.2, -0.15) is 13.2 Å². The minimum atomic E-state index is -4.79. The molecule has 11 heteroatoms. The first-order valence-corrected chi connectivity index (χ1v) is 10.6. The number of alkyl halides is 3. The maximum Gasteiger partial charge on any atom is 0.417 e. The topological polar surface area (TPSA) is 73.3 Å². The summed E-state index contributed by atoms with van der Waals surface area (Å²) in [6.07, 6.45) is -5.30. The van der Waals surface area contributed by atoms with Crippen LogP contribution in [0.2, 0.25) is 0 Å². The third kappa shape index (κ3) is 4.19. The highest BCUT2D eigenvalue weighted by Crippen LogP contribution is 2.46. The lowest BCUT2D eigenvalue weighted by Gasteiger charge is -2.19. The molecule has 1 atom stereocenters. The Balaban J connectivity index is 2.02. The van der Waals surface area contributed by atoms with Gasteiger partial charge in [0.1, 0.15) is 5.82 Å². The highest BCUT2D eigenvalue weighted by atomic mass is 32.2. The first-order chi connectivity index (χ1) is 15.2. The first kappa shape index (κ1) is 22.6. The van der Waals surface area contributed by atoms with Crippen molar-refractivity contribution in [3.8, 4) is 11.1 Å². The van der Waals surface area contributed by atoms with E-state index in [1.54, 1.807) is 0 Å². The molecular formula is C21H18F4N2O4S. The van der Waals surface area contributed by atoms with E-state index in [0.717, 1.165) is 30.0 Å². The average molecular weight is 470 g/mol. The zero-order valence-electron chi connectivity index (χ0n) is 16.8. The van der Waals surface area contributed by atoms with Gasteiger partial charge in [0.15, 0.2) is 0 Å². The molecule has 1 aliphatic heterocycles. The molecule has 1 aromatic heterocycles. The number of hydrogen-bond acceptors (Lipinski definition) is 5. The molecular weight excluding hydrogens is 452 g/mol. The Bertz CT molecular complexity index is 1270. The van der Waals surface area contributed by atoms with Crippen LogP contribution in [0.4, 0.5) is 17.6 Å². The number of halogens is 4. The molecule has 170 valence electrons. The second-order valence-corrected chi connectivity index (χ2v) is 8.23. The number of thioether (sulfide) groups is 1. The number of rotatable bonds is 5. The molecule has 6 nitrogen and oxygen atoms in total. The highest BCUT2D eigenvalue weighted by Gasteiger charge is 2.38. The third-order valence-electron chi connectivity index (χ3n) is 5.11. The normalized spacial score (nSPS) is 16.3. The summed E-state index contributed by atoms with van der Waals surface area (Å²) < 4.78 is 67.6. The Morgan fingerprint density at radius 2 is 1.91 bits per heavy atom. The Morgan fingerprint density at radius 3 is 2.56 bits per heavy atom. The van der Waals surface area contributed by atoms with Crippen molar-refractivity contribution in [1.29, 1.82) is 0 Å². The molecule has 0 unspecified atom stereocenters. The van der Waals surface area contributed by atoms with Crippen LogP contribution in [0.3, 0.4) is 0 Å². The number of aromatic amines is 1. The second-order valence-electron chi connectivity index (χ2n) is 7.20. The van der Waals surface area contributed by atoms with Crippen molar-refractivity contribution in [2.24, 2.45) is 0 Å². The summed E-state index contributed by atoms with van der Waals surface area (Å²) in [4.78, 5) is 27.3. The highest BCUT2D eigenvalue weighted by molar-refractivity contribution is 7.99. The molecule has 2 heterocycles. The van der Waals surface area contributed by atoms with Gasteiger partial charge >= 0.3 is 11.9 Å². The smallest absolute Gasteiger partial charge is 0.382 e. The molecule has 0 spiro atoms. The fraction of sp³-hybridized carbons (Fsp3) is 0.333. The second kappa shape index (κ2) is 8.72. The van der Waals surface area contributed by atoms with E-state index in [0.29, 0.717) is 6.61 Å². The zero-order chi connectivity index (χ0) is 23.0. The minimum absolute atomic E-state index is 0.0457. The third-order valence-corrected chi connectivity index (χ3v) is 6.34. The molecule has 0 bridgehead atoms. The number of hydrogen-bond donors (Lipinski definition) is 1. The van der Waals surface area contributed by atoms with Gasteiger partial charge in [0.25, 0.3) is 5.56 Å². The SMILES string of the molecule is COCCO[C@H]1CSc2c(-c3ccc(F)cc3)c(C(F)(F)F)cc3c(=O)[nH]c(=O)n(c23)C1. The Labute approximate surface area is 183 Å². The van der Waals surface area contributed by atoms with Crippen molar-refractivity contribution in [3.05, 3.63) is 62.6 Å². The van der Waals surface area contributed by atoms with Crippen LogP contribution in [0.15, 0.2) is 44.8 Å². The van der Waals surface area contributed by atoms with Crippen LogP contribution in [0.5, 0.6) is 0 Å². The van der Waals surface area contributed by atoms with Gasteiger partial charge in [-0.15, -0.1) is 11.8 Å². The lowest BCUT2D eigenvalue weighted by atomic mass is 9.96. The number of aromatic nitrogens is 2. The minimum Gasteiger partial charge on any atom is -0.382 e. The standard InChI is InChI=1S/C21H18F4N2O4S/c1-30-6-7-31-13-9-27-17-14(19(28)26-20(27)29)8-15(21(23,24)25)16(18(17)32-10-13)11-2-4-12(22)5-3-11/h2-5,8,13H,6-7,9-10H2,1H3,(H,26,28,29)/t13-/m1/s1. The van der Waals surface area contributed by atoms with Gasteiger partial charge in [-0.1, -0.05) is 12.1 Å².